The van der Waals surface area contributed by atoms with Crippen LogP contribution in [0.4, 0.5) is 13.2 Å². The van der Waals surface area contributed by atoms with Crippen LogP contribution in [0.2, 0.25) is 0 Å². The van der Waals surface area contributed by atoms with Crippen molar-refractivity contribution >= 4 is 17.8 Å². The fraction of sp³-hybridized carbons (Fsp3) is 0.889. The van der Waals surface area contributed by atoms with Gasteiger partial charge in [-0.2, -0.15) is 13.2 Å². The molecule has 0 bridgehead atoms. The number of nitrogens with one attached hydrogen (secondary N) is 1. The van der Waals surface area contributed by atoms with Crippen LogP contribution in [-0.2, 0) is 16.6 Å². The second-order valence-corrected chi connectivity index (χ2v) is 5.42. The third-order valence-corrected chi connectivity index (χ3v) is 3.82. The van der Waals surface area contributed by atoms with Gasteiger partial charge in [0.2, 0.25) is 0 Å². The number of hydrogen-bond donors (Lipinski definition) is 3. The summed E-state index contributed by atoms with van der Waals surface area (Å²) in [6.07, 6.45) is -2.63. The molecule has 106 valence electrons. The zero-order valence-electron chi connectivity index (χ0n) is 9.70. The van der Waals surface area contributed by atoms with Gasteiger partial charge in [0.15, 0.2) is 0 Å². The van der Waals surface area contributed by atoms with Crippen LogP contribution in [0.15, 0.2) is 0 Å². The van der Waals surface area contributed by atoms with Crippen LogP contribution in [0.3, 0.4) is 0 Å². The van der Waals surface area contributed by atoms with E-state index >= 15 is 0 Å². The lowest BCUT2D eigenvalue weighted by Crippen LogP contribution is -2.64. The molecule has 0 atom stereocenters. The summed E-state index contributed by atoms with van der Waals surface area (Å²) < 4.78 is 44.1. The normalized spacial score (nSPS) is 21.8. The molecule has 1 aliphatic heterocycles. The van der Waals surface area contributed by atoms with E-state index in [1.165, 1.54) is 25.9 Å². The first-order valence-electron chi connectivity index (χ1n) is 5.27. The van der Waals surface area contributed by atoms with Crippen LogP contribution in [0, 0.1) is 5.41 Å². The number of alkyl halides is 3. The Morgan fingerprint density at radius 3 is 2.11 bits per heavy atom. The van der Waals surface area contributed by atoms with Crippen molar-refractivity contribution in [1.29, 1.82) is 0 Å². The quantitative estimate of drug-likeness (QED) is 0.633. The van der Waals surface area contributed by atoms with Gasteiger partial charge < -0.3 is 10.4 Å². The number of carbonyl (C=O) groups is 1. The molecular formula is C9H15F3N2O3S. The molecule has 18 heavy (non-hydrogen) atoms. The van der Waals surface area contributed by atoms with E-state index in [0.29, 0.717) is 11.5 Å². The smallest absolute Gasteiger partial charge is 0.475 e. The number of carboxylic acids is 1. The van der Waals surface area contributed by atoms with E-state index in [1.807, 2.05) is 11.4 Å². The molecule has 0 aromatic heterocycles. The van der Waals surface area contributed by atoms with Crippen LogP contribution < -0.4 is 5.32 Å². The topological polar surface area (TPSA) is 69.6 Å². The summed E-state index contributed by atoms with van der Waals surface area (Å²) in [5, 5.41) is 10.4. The summed E-state index contributed by atoms with van der Waals surface area (Å²) in [5.74, 6) is -2.76. The minimum absolute atomic E-state index is 0.171. The molecule has 1 heterocycles. The fourth-order valence-corrected chi connectivity index (χ4v) is 2.33. The largest absolute Gasteiger partial charge is 0.490 e. The summed E-state index contributed by atoms with van der Waals surface area (Å²) in [6, 6.07) is 0.566. The van der Waals surface area contributed by atoms with Crippen molar-refractivity contribution in [3.8, 4) is 0 Å². The highest BCUT2D eigenvalue weighted by molar-refractivity contribution is 7.62. The average Bonchev–Trinajstić information content (AvgIpc) is 2.12. The highest BCUT2D eigenvalue weighted by Crippen LogP contribution is 2.45. The van der Waals surface area contributed by atoms with Gasteiger partial charge in [-0.3, -0.25) is 0 Å². The molecule has 0 aromatic carbocycles. The lowest BCUT2D eigenvalue weighted by Gasteiger charge is -2.55. The highest BCUT2D eigenvalue weighted by atomic mass is 32.2. The zero-order valence-corrected chi connectivity index (χ0v) is 10.6. The second kappa shape index (κ2) is 5.54. The maximum atomic E-state index is 10.6. The highest BCUT2D eigenvalue weighted by Gasteiger charge is 2.49. The number of aliphatic carboxylic acids is 1. The standard InChI is InChI=1S/C7H14N2OS.C2HF3O2/c1-9(11-10)6-2-7(3-6)4-8-5-7;3-2(4,5)1(6)7/h6,8,11H,2-5H2,1H3;(H,6,7). The molecule has 1 saturated heterocycles. The van der Waals surface area contributed by atoms with Gasteiger partial charge in [0.05, 0.1) is 11.9 Å². The summed E-state index contributed by atoms with van der Waals surface area (Å²) in [5.41, 5.74) is 0.601. The van der Waals surface area contributed by atoms with Gasteiger partial charge in [0.25, 0.3) is 0 Å². The van der Waals surface area contributed by atoms with Crippen molar-refractivity contribution in [2.45, 2.75) is 25.1 Å². The molecule has 0 unspecified atom stereocenters. The summed E-state index contributed by atoms with van der Waals surface area (Å²) >= 11 is 0.171. The van der Waals surface area contributed by atoms with E-state index in [0.717, 1.165) is 0 Å². The number of nitrogens with zero attached hydrogens (tertiary/aromatic N) is 1. The van der Waals surface area contributed by atoms with Crippen molar-refractivity contribution in [3.63, 3.8) is 0 Å². The maximum Gasteiger partial charge on any atom is 0.490 e. The van der Waals surface area contributed by atoms with Crippen molar-refractivity contribution in [3.05, 3.63) is 0 Å². The fourth-order valence-electron chi connectivity index (χ4n) is 2.04. The summed E-state index contributed by atoms with van der Waals surface area (Å²) in [4.78, 5) is 8.90. The number of halogens is 3. The summed E-state index contributed by atoms with van der Waals surface area (Å²) in [7, 11) is 1.91. The predicted octanol–water partition coefficient (Wildman–Crippen LogP) is 0.164. The Bertz CT molecular complexity index is 326. The van der Waals surface area contributed by atoms with E-state index in [1.54, 1.807) is 0 Å². The second-order valence-electron chi connectivity index (χ2n) is 4.62. The number of rotatable bonds is 2. The number of hydrogen-bond acceptors (Lipinski definition) is 3. The molecule has 1 saturated carbocycles. The monoisotopic (exact) mass is 288 g/mol. The van der Waals surface area contributed by atoms with Crippen LogP contribution in [0.5, 0.6) is 0 Å². The molecule has 1 aliphatic carbocycles. The molecule has 1 spiro atoms. The third kappa shape index (κ3) is 3.66. The first kappa shape index (κ1) is 15.4. The minimum Gasteiger partial charge on any atom is -0.475 e. The number of carboxylic acid groups (broad SMARTS) is 1. The maximum absolute atomic E-state index is 10.6. The zero-order chi connectivity index (χ0) is 14.0. The minimum atomic E-state index is -5.08. The van der Waals surface area contributed by atoms with Crippen molar-refractivity contribution in [2.24, 2.45) is 5.41 Å². The Morgan fingerprint density at radius 2 is 1.89 bits per heavy atom. The van der Waals surface area contributed by atoms with Gasteiger partial charge >= 0.3 is 12.1 Å². The van der Waals surface area contributed by atoms with Gasteiger partial charge in [0.1, 0.15) is 0 Å². The first-order valence-corrected chi connectivity index (χ1v) is 6.04. The average molecular weight is 288 g/mol. The number of thiol groups is 1. The SMILES string of the molecule is CN([SH]=O)C1CC2(CNC2)C1.O=C(O)C(F)(F)F. The van der Waals surface area contributed by atoms with Crippen LogP contribution in [0.25, 0.3) is 0 Å². The lowest BCUT2D eigenvalue weighted by atomic mass is 9.62. The predicted molar refractivity (Wildman–Crippen MR) is 59.3 cm³/mol. The third-order valence-electron chi connectivity index (χ3n) is 3.24. The molecule has 2 rings (SSSR count). The van der Waals surface area contributed by atoms with Crippen molar-refractivity contribution in [1.82, 2.24) is 9.62 Å². The van der Waals surface area contributed by atoms with Gasteiger partial charge in [-0.15, -0.1) is 0 Å². The molecule has 0 amide bonds. The Morgan fingerprint density at radius 1 is 1.44 bits per heavy atom. The lowest BCUT2D eigenvalue weighted by molar-refractivity contribution is -0.192. The van der Waals surface area contributed by atoms with E-state index in [-0.39, 0.29) is 11.9 Å². The molecule has 9 heteroatoms. The molecule has 2 N–H and O–H groups in total. The van der Waals surface area contributed by atoms with Crippen molar-refractivity contribution < 1.29 is 27.3 Å². The molecule has 2 fully saturated rings. The van der Waals surface area contributed by atoms with Gasteiger partial charge in [-0.1, -0.05) is 0 Å². The first-order chi connectivity index (χ1) is 8.20. The van der Waals surface area contributed by atoms with Crippen LogP contribution in [-0.4, -0.2) is 51.9 Å². The Balaban J connectivity index is 0.000000203. The molecule has 2 aliphatic rings. The van der Waals surface area contributed by atoms with E-state index in [2.05, 4.69) is 5.32 Å². The molecule has 0 aromatic rings. The van der Waals surface area contributed by atoms with Crippen molar-refractivity contribution in [2.75, 3.05) is 20.1 Å². The Hall–Kier alpha value is -0.670. The van der Waals surface area contributed by atoms with Crippen LogP contribution >= 0.6 is 0 Å². The van der Waals surface area contributed by atoms with E-state index in [9.17, 15) is 17.4 Å². The van der Waals surface area contributed by atoms with Gasteiger partial charge in [0, 0.05) is 19.1 Å². The Kier molecular flexibility index (Phi) is 4.73. The molecule has 5 nitrogen and oxygen atoms in total. The summed E-state index contributed by atoms with van der Waals surface area (Å²) in [6.45, 7) is 2.35. The van der Waals surface area contributed by atoms with Gasteiger partial charge in [-0.05, 0) is 25.3 Å². The van der Waals surface area contributed by atoms with Crippen LogP contribution in [0.1, 0.15) is 12.8 Å². The van der Waals surface area contributed by atoms with E-state index < -0.39 is 12.1 Å². The van der Waals surface area contributed by atoms with E-state index in [4.69, 9.17) is 9.90 Å². The Labute approximate surface area is 106 Å². The van der Waals surface area contributed by atoms with Gasteiger partial charge in [-0.25, -0.2) is 13.3 Å². The molecular weight excluding hydrogens is 273 g/mol. The molecule has 0 radical (unpaired) electrons.